The zero-order valence-corrected chi connectivity index (χ0v) is 18.5. The van der Waals surface area contributed by atoms with Crippen LogP contribution in [-0.4, -0.2) is 35.8 Å². The number of rotatable bonds is 10. The fourth-order valence-corrected chi connectivity index (χ4v) is 1.81. The Balaban J connectivity index is -0.000000372. The van der Waals surface area contributed by atoms with Gasteiger partial charge in [0, 0.05) is 13.8 Å². The smallest absolute Gasteiger partial charge is 0.548 e. The van der Waals surface area contributed by atoms with Crippen molar-refractivity contribution in [3.63, 3.8) is 0 Å². The van der Waals surface area contributed by atoms with Crippen molar-refractivity contribution < 1.29 is 48.9 Å². The minimum Gasteiger partial charge on any atom is -0.548 e. The van der Waals surface area contributed by atoms with Crippen LogP contribution in [0.1, 0.15) is 66.2 Å². The topological polar surface area (TPSA) is 138 Å². The SMILES string of the molecule is CCCCC(NC(C)=O)C(=O)[O-].CCCCC(NC(C)=O)C(=O)[O-].[Zn+2]. The second kappa shape index (κ2) is 17.3. The molecule has 0 spiro atoms. The zero-order chi connectivity index (χ0) is 19.1. The van der Waals surface area contributed by atoms with Crippen molar-refractivity contribution >= 4 is 23.8 Å². The van der Waals surface area contributed by atoms with Crippen LogP contribution in [0.4, 0.5) is 0 Å². The molecule has 8 nitrogen and oxygen atoms in total. The van der Waals surface area contributed by atoms with Gasteiger partial charge in [0.05, 0.1) is 24.0 Å². The van der Waals surface area contributed by atoms with Crippen molar-refractivity contribution in [3.8, 4) is 0 Å². The molecule has 0 aromatic heterocycles. The Bertz CT molecular complexity index is 379. The Morgan fingerprint density at radius 1 is 0.760 bits per heavy atom. The molecule has 140 valence electrons. The molecule has 0 aliphatic heterocycles. The van der Waals surface area contributed by atoms with Gasteiger partial charge in [0.15, 0.2) is 0 Å². The Morgan fingerprint density at radius 3 is 1.20 bits per heavy atom. The van der Waals surface area contributed by atoms with Crippen LogP contribution in [0.15, 0.2) is 0 Å². The zero-order valence-electron chi connectivity index (χ0n) is 15.6. The second-order valence-corrected chi connectivity index (χ2v) is 5.43. The maximum Gasteiger partial charge on any atom is 2.00 e. The van der Waals surface area contributed by atoms with Crippen molar-refractivity contribution in [1.29, 1.82) is 0 Å². The third-order valence-electron chi connectivity index (χ3n) is 3.02. The van der Waals surface area contributed by atoms with E-state index in [1.807, 2.05) is 13.8 Å². The summed E-state index contributed by atoms with van der Waals surface area (Å²) in [4.78, 5) is 41.9. The van der Waals surface area contributed by atoms with Gasteiger partial charge in [0.25, 0.3) is 0 Å². The average Bonchev–Trinajstić information content (AvgIpc) is 2.47. The predicted molar refractivity (Wildman–Crippen MR) is 84.3 cm³/mol. The van der Waals surface area contributed by atoms with Crippen LogP contribution in [-0.2, 0) is 38.7 Å². The third kappa shape index (κ3) is 18.7. The van der Waals surface area contributed by atoms with E-state index in [1.54, 1.807) is 0 Å². The Labute approximate surface area is 161 Å². The summed E-state index contributed by atoms with van der Waals surface area (Å²) in [5, 5.41) is 25.5. The number of amides is 2. The van der Waals surface area contributed by atoms with Crippen LogP contribution in [0.2, 0.25) is 0 Å². The van der Waals surface area contributed by atoms with Crippen LogP contribution in [0, 0.1) is 0 Å². The molecule has 0 bridgehead atoms. The number of hydrogen-bond donors (Lipinski definition) is 2. The second-order valence-electron chi connectivity index (χ2n) is 5.43. The van der Waals surface area contributed by atoms with E-state index in [2.05, 4.69) is 10.6 Å². The average molecular weight is 410 g/mol. The van der Waals surface area contributed by atoms with E-state index < -0.39 is 24.0 Å². The quantitative estimate of drug-likeness (QED) is 0.437. The van der Waals surface area contributed by atoms with Crippen molar-refractivity contribution in [2.24, 2.45) is 0 Å². The molecule has 0 aliphatic rings. The molecule has 0 aromatic carbocycles. The fraction of sp³-hybridized carbons (Fsp3) is 0.750. The number of aliphatic carboxylic acids is 2. The number of unbranched alkanes of at least 4 members (excludes halogenated alkanes) is 2. The molecule has 0 aliphatic carbocycles. The fourth-order valence-electron chi connectivity index (χ4n) is 1.81. The molecule has 9 heteroatoms. The first kappa shape index (κ1) is 28.3. The Hall–Kier alpha value is -1.50. The van der Waals surface area contributed by atoms with Gasteiger partial charge in [-0.05, 0) is 12.8 Å². The van der Waals surface area contributed by atoms with Gasteiger partial charge in [-0.25, -0.2) is 0 Å². The van der Waals surface area contributed by atoms with Gasteiger partial charge in [-0.3, -0.25) is 9.59 Å². The van der Waals surface area contributed by atoms with Crippen molar-refractivity contribution in [2.45, 2.75) is 78.3 Å². The van der Waals surface area contributed by atoms with Crippen LogP contribution >= 0.6 is 0 Å². The van der Waals surface area contributed by atoms with Gasteiger partial charge in [-0.1, -0.05) is 39.5 Å². The maximum atomic E-state index is 10.5. The van der Waals surface area contributed by atoms with Crippen LogP contribution in [0.3, 0.4) is 0 Å². The summed E-state index contributed by atoms with van der Waals surface area (Å²) < 4.78 is 0. The molecule has 0 rings (SSSR count). The van der Waals surface area contributed by atoms with Gasteiger partial charge in [0.1, 0.15) is 0 Å². The number of carboxylic acid groups (broad SMARTS) is 2. The van der Waals surface area contributed by atoms with E-state index >= 15 is 0 Å². The summed E-state index contributed by atoms with van der Waals surface area (Å²) in [5.74, 6) is -3.09. The molecule has 2 N–H and O–H groups in total. The summed E-state index contributed by atoms with van der Waals surface area (Å²) in [5.41, 5.74) is 0. The molecule has 2 amide bonds. The van der Waals surface area contributed by atoms with E-state index in [4.69, 9.17) is 0 Å². The summed E-state index contributed by atoms with van der Waals surface area (Å²) >= 11 is 0. The molecular formula is C16H28N2O6Zn. The van der Waals surface area contributed by atoms with Crippen molar-refractivity contribution in [2.75, 3.05) is 0 Å². The number of carboxylic acids is 2. The van der Waals surface area contributed by atoms with Gasteiger partial charge < -0.3 is 30.4 Å². The molecule has 2 atom stereocenters. The molecule has 0 saturated heterocycles. The van der Waals surface area contributed by atoms with E-state index in [0.717, 1.165) is 25.7 Å². The summed E-state index contributed by atoms with van der Waals surface area (Å²) in [6.07, 6.45) is 4.25. The predicted octanol–water partition coefficient (Wildman–Crippen LogP) is -1.14. The Morgan fingerprint density at radius 2 is 1.04 bits per heavy atom. The van der Waals surface area contributed by atoms with Crippen LogP contribution < -0.4 is 20.8 Å². The number of carbonyl (C=O) groups excluding carboxylic acids is 4. The third-order valence-corrected chi connectivity index (χ3v) is 3.02. The molecule has 0 saturated carbocycles. The van der Waals surface area contributed by atoms with Crippen LogP contribution in [0.25, 0.3) is 0 Å². The first-order chi connectivity index (χ1) is 11.1. The summed E-state index contributed by atoms with van der Waals surface area (Å²) in [6.45, 7) is 6.50. The van der Waals surface area contributed by atoms with E-state index in [9.17, 15) is 29.4 Å². The van der Waals surface area contributed by atoms with Crippen molar-refractivity contribution in [3.05, 3.63) is 0 Å². The van der Waals surface area contributed by atoms with Gasteiger partial charge in [0.2, 0.25) is 11.8 Å². The van der Waals surface area contributed by atoms with Crippen LogP contribution in [0.5, 0.6) is 0 Å². The molecule has 25 heavy (non-hydrogen) atoms. The minimum absolute atomic E-state index is 0. The molecule has 0 heterocycles. The molecule has 0 radical (unpaired) electrons. The molecule has 0 fully saturated rings. The Kier molecular flexibility index (Phi) is 19.6. The first-order valence-corrected chi connectivity index (χ1v) is 8.11. The van der Waals surface area contributed by atoms with Crippen molar-refractivity contribution in [1.82, 2.24) is 10.6 Å². The minimum atomic E-state index is -1.21. The van der Waals surface area contributed by atoms with Gasteiger partial charge in [-0.2, -0.15) is 0 Å². The van der Waals surface area contributed by atoms with Gasteiger partial charge in [-0.15, -0.1) is 0 Å². The summed E-state index contributed by atoms with van der Waals surface area (Å²) in [6, 6.07) is -1.66. The number of hydrogen-bond acceptors (Lipinski definition) is 6. The normalized spacial score (nSPS) is 11.7. The van der Waals surface area contributed by atoms with Gasteiger partial charge >= 0.3 is 19.5 Å². The monoisotopic (exact) mass is 408 g/mol. The van der Waals surface area contributed by atoms with E-state index in [-0.39, 0.29) is 31.3 Å². The molecule has 0 aromatic rings. The molecule has 2 unspecified atom stereocenters. The van der Waals surface area contributed by atoms with E-state index in [0.29, 0.717) is 12.8 Å². The molecular weight excluding hydrogens is 382 g/mol. The summed E-state index contributed by atoms with van der Waals surface area (Å²) in [7, 11) is 0. The van der Waals surface area contributed by atoms with E-state index in [1.165, 1.54) is 13.8 Å². The largest absolute Gasteiger partial charge is 2.00 e. The maximum absolute atomic E-state index is 10.5. The first-order valence-electron chi connectivity index (χ1n) is 8.11. The number of carbonyl (C=O) groups is 4. The number of nitrogens with one attached hydrogen (secondary N) is 2. The standard InChI is InChI=1S/2C8H15NO3.Zn/c2*1-3-4-5-7(8(11)12)9-6(2)10;/h2*7H,3-5H2,1-2H3,(H,9,10)(H,11,12);/q;;+2/p-2.